The first-order valence-electron chi connectivity index (χ1n) is 7.79. The highest BCUT2D eigenvalue weighted by atomic mass is 79.9. The highest BCUT2D eigenvalue weighted by molar-refractivity contribution is 9.10. The fraction of sp³-hybridized carbons (Fsp3) is 0.312. The largest absolute Gasteiger partial charge is 0.394 e. The van der Waals surface area contributed by atoms with Crippen molar-refractivity contribution < 1.29 is 5.11 Å². The molecule has 2 heterocycles. The Morgan fingerprint density at radius 2 is 2.21 bits per heavy atom. The SMILES string of the molecule is CCC[C@H](CO)Nc1nc(Nc2ccc3[nH]ncc3c2)ncc1Br. The number of halogens is 1. The van der Waals surface area contributed by atoms with Gasteiger partial charge in [0.2, 0.25) is 5.95 Å². The number of aliphatic hydroxyl groups excluding tert-OH is 1. The van der Waals surface area contributed by atoms with Crippen LogP contribution in [-0.4, -0.2) is 37.9 Å². The first kappa shape index (κ1) is 16.7. The second-order valence-corrected chi connectivity index (χ2v) is 6.35. The molecule has 8 heteroatoms. The van der Waals surface area contributed by atoms with Crippen molar-refractivity contribution in [1.29, 1.82) is 0 Å². The number of hydrogen-bond donors (Lipinski definition) is 4. The third-order valence-electron chi connectivity index (χ3n) is 3.64. The van der Waals surface area contributed by atoms with E-state index in [-0.39, 0.29) is 12.6 Å². The molecule has 126 valence electrons. The number of aromatic amines is 1. The Bertz CT molecular complexity index is 821. The summed E-state index contributed by atoms with van der Waals surface area (Å²) in [6.45, 7) is 2.14. The second kappa shape index (κ2) is 7.59. The van der Waals surface area contributed by atoms with Gasteiger partial charge in [0.15, 0.2) is 0 Å². The summed E-state index contributed by atoms with van der Waals surface area (Å²) in [6, 6.07) is 5.83. The molecule has 2 aromatic heterocycles. The number of aromatic nitrogens is 4. The smallest absolute Gasteiger partial charge is 0.229 e. The summed E-state index contributed by atoms with van der Waals surface area (Å²) in [6.07, 6.45) is 5.31. The van der Waals surface area contributed by atoms with Crippen molar-refractivity contribution in [1.82, 2.24) is 20.2 Å². The molecule has 7 nitrogen and oxygen atoms in total. The lowest BCUT2D eigenvalue weighted by atomic mass is 10.2. The van der Waals surface area contributed by atoms with Gasteiger partial charge in [0.05, 0.1) is 28.8 Å². The van der Waals surface area contributed by atoms with Crippen LogP contribution in [0.3, 0.4) is 0 Å². The number of aliphatic hydroxyl groups is 1. The number of H-pyrrole nitrogens is 1. The summed E-state index contributed by atoms with van der Waals surface area (Å²) >= 11 is 3.44. The van der Waals surface area contributed by atoms with Gasteiger partial charge in [0, 0.05) is 17.3 Å². The number of benzene rings is 1. The minimum atomic E-state index is -0.0312. The summed E-state index contributed by atoms with van der Waals surface area (Å²) in [5.74, 6) is 1.14. The van der Waals surface area contributed by atoms with Crippen LogP contribution >= 0.6 is 15.9 Å². The standard InChI is InChI=1S/C16H19BrN6O/c1-2-3-12(9-24)20-15-13(17)8-18-16(22-15)21-11-4-5-14-10(6-11)7-19-23-14/h4-8,12,24H,2-3,9H2,1H3,(H,19,23)(H2,18,20,21,22)/t12-/m1/s1. The van der Waals surface area contributed by atoms with E-state index in [0.29, 0.717) is 11.8 Å². The molecule has 0 saturated heterocycles. The number of hydrogen-bond acceptors (Lipinski definition) is 6. The van der Waals surface area contributed by atoms with Crippen LogP contribution < -0.4 is 10.6 Å². The average Bonchev–Trinajstić information content (AvgIpc) is 3.05. The van der Waals surface area contributed by atoms with E-state index < -0.39 is 0 Å². The fourth-order valence-electron chi connectivity index (χ4n) is 2.43. The van der Waals surface area contributed by atoms with Crippen LogP contribution in [0.2, 0.25) is 0 Å². The molecule has 0 unspecified atom stereocenters. The van der Waals surface area contributed by atoms with Crippen molar-refractivity contribution in [2.24, 2.45) is 0 Å². The Hall–Kier alpha value is -2.19. The number of fused-ring (bicyclic) bond motifs is 1. The first-order valence-corrected chi connectivity index (χ1v) is 8.59. The van der Waals surface area contributed by atoms with Crippen LogP contribution in [0.15, 0.2) is 35.1 Å². The van der Waals surface area contributed by atoms with Gasteiger partial charge >= 0.3 is 0 Å². The monoisotopic (exact) mass is 390 g/mol. The molecule has 0 aliphatic heterocycles. The molecule has 4 N–H and O–H groups in total. The van der Waals surface area contributed by atoms with Crippen molar-refractivity contribution in [2.75, 3.05) is 17.2 Å². The molecule has 1 aromatic carbocycles. The Kier molecular flexibility index (Phi) is 5.27. The van der Waals surface area contributed by atoms with Crippen LogP contribution in [0.1, 0.15) is 19.8 Å². The van der Waals surface area contributed by atoms with Gasteiger partial charge < -0.3 is 15.7 Å². The molecule has 0 saturated carbocycles. The van der Waals surface area contributed by atoms with Crippen LogP contribution in [0.4, 0.5) is 17.5 Å². The van der Waals surface area contributed by atoms with E-state index in [2.05, 4.69) is 53.7 Å². The molecule has 0 bridgehead atoms. The van der Waals surface area contributed by atoms with Crippen LogP contribution in [-0.2, 0) is 0 Å². The summed E-state index contributed by atoms with van der Waals surface area (Å²) in [4.78, 5) is 8.78. The van der Waals surface area contributed by atoms with Gasteiger partial charge in [-0.15, -0.1) is 0 Å². The normalized spacial score (nSPS) is 12.3. The summed E-state index contributed by atoms with van der Waals surface area (Å²) in [7, 11) is 0. The van der Waals surface area contributed by atoms with Crippen LogP contribution in [0.5, 0.6) is 0 Å². The summed E-state index contributed by atoms with van der Waals surface area (Å²) < 4.78 is 0.757. The number of nitrogens with zero attached hydrogens (tertiary/aromatic N) is 3. The molecule has 0 aliphatic rings. The minimum Gasteiger partial charge on any atom is -0.394 e. The Balaban J connectivity index is 1.79. The third-order valence-corrected chi connectivity index (χ3v) is 4.22. The quantitative estimate of drug-likeness (QED) is 0.493. The van der Waals surface area contributed by atoms with Gasteiger partial charge in [-0.3, -0.25) is 5.10 Å². The molecule has 3 rings (SSSR count). The molecule has 0 amide bonds. The zero-order valence-electron chi connectivity index (χ0n) is 13.3. The molecule has 1 atom stereocenters. The number of rotatable bonds is 7. The highest BCUT2D eigenvalue weighted by Gasteiger charge is 2.11. The zero-order chi connectivity index (χ0) is 16.9. The van der Waals surface area contributed by atoms with Crippen molar-refractivity contribution in [3.63, 3.8) is 0 Å². The third kappa shape index (κ3) is 3.82. The Morgan fingerprint density at radius 1 is 1.33 bits per heavy atom. The van der Waals surface area contributed by atoms with E-state index in [1.54, 1.807) is 12.4 Å². The number of anilines is 3. The van der Waals surface area contributed by atoms with E-state index >= 15 is 0 Å². The fourth-order valence-corrected chi connectivity index (χ4v) is 2.73. The predicted octanol–water partition coefficient (Wildman–Crippen LogP) is 3.43. The first-order chi connectivity index (χ1) is 11.7. The Labute approximate surface area is 148 Å². The van der Waals surface area contributed by atoms with Crippen molar-refractivity contribution >= 4 is 44.3 Å². The molecule has 0 fully saturated rings. The van der Waals surface area contributed by atoms with Gasteiger partial charge in [-0.1, -0.05) is 13.3 Å². The highest BCUT2D eigenvalue weighted by Crippen LogP contribution is 2.24. The Morgan fingerprint density at radius 3 is 3.00 bits per heavy atom. The average molecular weight is 391 g/mol. The van der Waals surface area contributed by atoms with Gasteiger partial charge in [0.25, 0.3) is 0 Å². The molecular formula is C16H19BrN6O. The predicted molar refractivity (Wildman–Crippen MR) is 98.5 cm³/mol. The molecule has 24 heavy (non-hydrogen) atoms. The lowest BCUT2D eigenvalue weighted by molar-refractivity contribution is 0.268. The molecule has 0 radical (unpaired) electrons. The zero-order valence-corrected chi connectivity index (χ0v) is 14.8. The molecule has 0 spiro atoms. The summed E-state index contributed by atoms with van der Waals surface area (Å²) in [5.41, 5.74) is 1.86. The maximum atomic E-state index is 9.45. The van der Waals surface area contributed by atoms with E-state index in [9.17, 15) is 5.11 Å². The molecule has 3 aromatic rings. The maximum absolute atomic E-state index is 9.45. The van der Waals surface area contributed by atoms with E-state index in [1.807, 2.05) is 18.2 Å². The van der Waals surface area contributed by atoms with Crippen molar-refractivity contribution in [3.05, 3.63) is 35.1 Å². The van der Waals surface area contributed by atoms with Gasteiger partial charge in [-0.25, -0.2) is 4.98 Å². The van der Waals surface area contributed by atoms with Crippen molar-refractivity contribution in [2.45, 2.75) is 25.8 Å². The van der Waals surface area contributed by atoms with Crippen molar-refractivity contribution in [3.8, 4) is 0 Å². The van der Waals surface area contributed by atoms with Crippen LogP contribution in [0.25, 0.3) is 10.9 Å². The molecule has 0 aliphatic carbocycles. The van der Waals surface area contributed by atoms with Gasteiger partial charge in [0.1, 0.15) is 5.82 Å². The lowest BCUT2D eigenvalue weighted by Gasteiger charge is -2.17. The van der Waals surface area contributed by atoms with Gasteiger partial charge in [-0.05, 0) is 40.5 Å². The second-order valence-electron chi connectivity index (χ2n) is 5.50. The van der Waals surface area contributed by atoms with E-state index in [0.717, 1.165) is 33.9 Å². The maximum Gasteiger partial charge on any atom is 0.229 e. The van der Waals surface area contributed by atoms with E-state index in [4.69, 9.17) is 0 Å². The topological polar surface area (TPSA) is 98.8 Å². The lowest BCUT2D eigenvalue weighted by Crippen LogP contribution is -2.24. The van der Waals surface area contributed by atoms with Gasteiger partial charge in [-0.2, -0.15) is 10.1 Å². The van der Waals surface area contributed by atoms with E-state index in [1.165, 1.54) is 0 Å². The molecular weight excluding hydrogens is 372 g/mol. The number of nitrogens with one attached hydrogen (secondary N) is 3. The summed E-state index contributed by atoms with van der Waals surface area (Å²) in [5, 5.41) is 23.8. The van der Waals surface area contributed by atoms with Crippen LogP contribution in [0, 0.1) is 0 Å². The minimum absolute atomic E-state index is 0.0312.